The summed E-state index contributed by atoms with van der Waals surface area (Å²) in [6.45, 7) is 4.76. The predicted molar refractivity (Wildman–Crippen MR) is 265 cm³/mol. The summed E-state index contributed by atoms with van der Waals surface area (Å²) in [4.78, 5) is 15.4. The monoisotopic (exact) mass is 824 g/mol. The Bertz CT molecular complexity index is 3260. The van der Waals surface area contributed by atoms with Gasteiger partial charge in [-0.25, -0.2) is 0 Å². The lowest BCUT2D eigenvalue weighted by atomic mass is 9.94. The molecule has 5 heterocycles. The van der Waals surface area contributed by atoms with Gasteiger partial charge >= 0.3 is 0 Å². The fourth-order valence-electron chi connectivity index (χ4n) is 8.90. The Balaban J connectivity index is 1.09. The molecule has 0 atom stereocenters. The number of benzene rings is 6. The number of hydrogen-bond acceptors (Lipinski definition) is 4. The molecule has 11 rings (SSSR count). The highest BCUT2D eigenvalue weighted by Gasteiger charge is 2.20. The summed E-state index contributed by atoms with van der Waals surface area (Å²) in [6, 6.07) is 64.4. The molecule has 0 unspecified atom stereocenters. The van der Waals surface area contributed by atoms with Crippen LogP contribution in [0.3, 0.4) is 0 Å². The molecule has 4 nitrogen and oxygen atoms in total. The number of allylic oxidation sites excluding steroid dienone is 4. The predicted octanol–water partition coefficient (Wildman–Crippen LogP) is 15.2. The zero-order valence-electron chi connectivity index (χ0n) is 34.4. The lowest BCUT2D eigenvalue weighted by Crippen LogP contribution is -1.96. The first kappa shape index (κ1) is 38.1. The Labute approximate surface area is 371 Å². The van der Waals surface area contributed by atoms with Gasteiger partial charge in [0.2, 0.25) is 0 Å². The minimum Gasteiger partial charge on any atom is -0.309 e. The first-order chi connectivity index (χ1) is 31.2. The van der Waals surface area contributed by atoms with Crippen molar-refractivity contribution in [1.82, 2.24) is 19.5 Å². The molecule has 0 radical (unpaired) electrons. The molecule has 5 heteroatoms. The van der Waals surface area contributed by atoms with Crippen molar-refractivity contribution in [2.45, 2.75) is 4.90 Å². The van der Waals surface area contributed by atoms with Crippen LogP contribution in [0.25, 0.3) is 100 Å². The number of hydrogen-bond donors (Lipinski definition) is 0. The lowest BCUT2D eigenvalue weighted by Gasteiger charge is -2.15. The van der Waals surface area contributed by atoms with Crippen molar-refractivity contribution in [3.63, 3.8) is 0 Å². The highest BCUT2D eigenvalue weighted by molar-refractivity contribution is 7.99. The van der Waals surface area contributed by atoms with Crippen molar-refractivity contribution < 1.29 is 0 Å². The zero-order chi connectivity index (χ0) is 42.1. The summed E-state index contributed by atoms with van der Waals surface area (Å²) in [5, 5.41) is 2.33. The van der Waals surface area contributed by atoms with E-state index in [0.29, 0.717) is 0 Å². The molecule has 0 bridgehead atoms. The van der Waals surface area contributed by atoms with Crippen LogP contribution in [0.4, 0.5) is 0 Å². The van der Waals surface area contributed by atoms with Crippen molar-refractivity contribution in [3.05, 3.63) is 231 Å². The number of thioether (sulfide) groups is 1. The summed E-state index contributed by atoms with van der Waals surface area (Å²) >= 11 is 1.84. The molecule has 0 fully saturated rings. The van der Waals surface area contributed by atoms with Gasteiger partial charge < -0.3 is 4.57 Å². The maximum absolute atomic E-state index is 4.76. The number of pyridine rings is 3. The van der Waals surface area contributed by atoms with Gasteiger partial charge in [0, 0.05) is 62.4 Å². The highest BCUT2D eigenvalue weighted by Crippen LogP contribution is 2.42. The zero-order valence-corrected chi connectivity index (χ0v) is 35.2. The van der Waals surface area contributed by atoms with Gasteiger partial charge in [-0.15, -0.1) is 11.8 Å². The van der Waals surface area contributed by atoms with Crippen LogP contribution in [0.15, 0.2) is 230 Å². The van der Waals surface area contributed by atoms with Gasteiger partial charge in [0.1, 0.15) is 0 Å². The van der Waals surface area contributed by atoms with E-state index in [4.69, 9.17) is 21.5 Å². The van der Waals surface area contributed by atoms with Gasteiger partial charge in [0.15, 0.2) is 0 Å². The molecule has 298 valence electrons. The van der Waals surface area contributed by atoms with Crippen molar-refractivity contribution in [1.29, 1.82) is 0 Å². The average Bonchev–Trinajstić information content (AvgIpc) is 3.71. The molecule has 0 saturated carbocycles. The quantitative estimate of drug-likeness (QED) is 0.161. The smallest absolute Gasteiger partial charge is 0.0708 e. The Morgan fingerprint density at radius 3 is 1.32 bits per heavy atom. The van der Waals surface area contributed by atoms with Crippen LogP contribution >= 0.6 is 11.8 Å². The Kier molecular flexibility index (Phi) is 10.0. The third kappa shape index (κ3) is 7.18. The molecule has 10 aromatic rings. The van der Waals surface area contributed by atoms with Crippen LogP contribution in [0.1, 0.15) is 5.56 Å². The molecule has 1 aliphatic heterocycles. The third-order valence-electron chi connectivity index (χ3n) is 11.8. The second-order valence-electron chi connectivity index (χ2n) is 15.6. The Morgan fingerprint density at radius 1 is 0.429 bits per heavy atom. The van der Waals surface area contributed by atoms with Gasteiger partial charge in [-0.2, -0.15) is 0 Å². The van der Waals surface area contributed by atoms with Crippen LogP contribution < -0.4 is 0 Å². The molecule has 0 N–H and O–H groups in total. The van der Waals surface area contributed by atoms with Gasteiger partial charge in [-0.05, 0) is 129 Å². The van der Waals surface area contributed by atoms with E-state index >= 15 is 0 Å². The fraction of sp³-hybridized carbons (Fsp3) is 0.0172. The minimum absolute atomic E-state index is 0.821. The van der Waals surface area contributed by atoms with E-state index in [1.807, 2.05) is 66.8 Å². The van der Waals surface area contributed by atoms with Crippen LogP contribution in [-0.4, -0.2) is 25.3 Å². The van der Waals surface area contributed by atoms with Crippen molar-refractivity contribution in [3.8, 4) is 67.2 Å². The van der Waals surface area contributed by atoms with Gasteiger partial charge in [-0.1, -0.05) is 122 Å². The van der Waals surface area contributed by atoms with Crippen LogP contribution in [0.5, 0.6) is 0 Å². The Morgan fingerprint density at radius 2 is 0.857 bits per heavy atom. The summed E-state index contributed by atoms with van der Waals surface area (Å²) < 4.78 is 2.41. The normalized spacial score (nSPS) is 14.0. The second kappa shape index (κ2) is 16.5. The number of rotatable bonds is 7. The molecule has 0 spiro atoms. The SMILES string of the molecule is C=C1/C=C(n2c3ccc(-c4ccccc4-c4ccccn4)cc3c3cc(-c4ccccc4-c4ccccn4)ccc32)\C=C/CSc2ccc(-c3ccccc3-c3ccccn3)cc21. The topological polar surface area (TPSA) is 43.6 Å². The van der Waals surface area contributed by atoms with Crippen LogP contribution in [-0.2, 0) is 0 Å². The summed E-state index contributed by atoms with van der Waals surface area (Å²) in [5.74, 6) is 0.821. The van der Waals surface area contributed by atoms with E-state index < -0.39 is 0 Å². The Hall–Kier alpha value is -7.86. The fourth-order valence-corrected chi connectivity index (χ4v) is 9.78. The van der Waals surface area contributed by atoms with E-state index in [1.165, 1.54) is 15.7 Å². The van der Waals surface area contributed by atoms with Crippen molar-refractivity contribution in [2.24, 2.45) is 0 Å². The summed E-state index contributed by atoms with van der Waals surface area (Å²) in [7, 11) is 0. The van der Waals surface area contributed by atoms with Gasteiger partial charge in [0.05, 0.1) is 28.1 Å². The summed E-state index contributed by atoms with van der Waals surface area (Å²) in [6.07, 6.45) is 12.4. The maximum Gasteiger partial charge on any atom is 0.0708 e. The van der Waals surface area contributed by atoms with E-state index in [1.54, 1.807) is 0 Å². The van der Waals surface area contributed by atoms with E-state index in [2.05, 4.69) is 168 Å². The molecule has 0 aliphatic carbocycles. The molecule has 6 aromatic carbocycles. The molecule has 0 amide bonds. The lowest BCUT2D eigenvalue weighted by molar-refractivity contribution is 1.24. The number of fused-ring (bicyclic) bond motifs is 4. The number of nitrogens with zero attached hydrogens (tertiary/aromatic N) is 4. The van der Waals surface area contributed by atoms with E-state index in [0.717, 1.165) is 101 Å². The first-order valence-electron chi connectivity index (χ1n) is 21.1. The van der Waals surface area contributed by atoms with Crippen molar-refractivity contribution in [2.75, 3.05) is 5.75 Å². The van der Waals surface area contributed by atoms with E-state index in [9.17, 15) is 0 Å². The minimum atomic E-state index is 0.821. The molecular formula is C58H40N4S. The molecule has 0 saturated heterocycles. The van der Waals surface area contributed by atoms with Crippen LogP contribution in [0, 0.1) is 0 Å². The van der Waals surface area contributed by atoms with Crippen molar-refractivity contribution >= 4 is 44.8 Å². The maximum atomic E-state index is 4.76. The molecule has 1 aliphatic rings. The molecule has 63 heavy (non-hydrogen) atoms. The molecular weight excluding hydrogens is 785 g/mol. The third-order valence-corrected chi connectivity index (χ3v) is 12.9. The highest BCUT2D eigenvalue weighted by atomic mass is 32.2. The average molecular weight is 825 g/mol. The molecule has 4 aromatic heterocycles. The van der Waals surface area contributed by atoms with E-state index in [-0.39, 0.29) is 0 Å². The first-order valence-corrected chi connectivity index (χ1v) is 22.1. The summed E-state index contributed by atoms with van der Waals surface area (Å²) in [5.41, 5.74) is 18.3. The number of aromatic nitrogens is 4. The standard InChI is InChI=1S/C58H40N4S/c1-39-35-43(15-14-34-63-58-30-27-42(36-50(39)58)46-18-4-7-21-49(46)55-24-10-13-33-61-55)62-56-28-25-40(44-16-2-5-19-47(44)53-22-8-11-31-59-53)37-51(56)52-38-41(26-29-57(52)62)45-17-3-6-20-48(45)54-23-9-12-32-60-54/h2-33,35-38H,1,34H2/b15-14-,43-35+. The largest absolute Gasteiger partial charge is 0.309 e. The second-order valence-corrected chi connectivity index (χ2v) is 16.7. The van der Waals surface area contributed by atoms with Crippen LogP contribution in [0.2, 0.25) is 0 Å². The van der Waals surface area contributed by atoms with Gasteiger partial charge in [-0.3, -0.25) is 15.0 Å². The van der Waals surface area contributed by atoms with Gasteiger partial charge in [0.25, 0.3) is 0 Å².